The number of morpholine rings is 1. The van der Waals surface area contributed by atoms with Crippen LogP contribution in [0.2, 0.25) is 0 Å². The summed E-state index contributed by atoms with van der Waals surface area (Å²) in [4.78, 5) is 3.12. The van der Waals surface area contributed by atoms with Gasteiger partial charge in [0.2, 0.25) is 0 Å². The molecule has 0 spiro atoms. The van der Waals surface area contributed by atoms with Crippen LogP contribution in [0.5, 0.6) is 0 Å². The molecule has 0 amide bonds. The van der Waals surface area contributed by atoms with E-state index in [0.717, 1.165) is 13.2 Å². The van der Waals surface area contributed by atoms with E-state index in [1.807, 2.05) is 11.8 Å². The molecule has 1 heterocycles. The molecule has 0 atom stereocenters. The van der Waals surface area contributed by atoms with Crippen molar-refractivity contribution < 1.29 is 9.64 Å². The molecule has 0 aliphatic carbocycles. The Morgan fingerprint density at radius 2 is 1.82 bits per heavy atom. The SMILES string of the molecule is c1ccc(SCCCC[NH+]2CCOCC2)cc1. The number of hydrogen-bond donors (Lipinski definition) is 1. The number of thioether (sulfide) groups is 1. The first-order valence-electron chi connectivity index (χ1n) is 6.54. The third-order valence-electron chi connectivity index (χ3n) is 3.14. The lowest BCUT2D eigenvalue weighted by Gasteiger charge is -2.23. The fourth-order valence-electron chi connectivity index (χ4n) is 2.09. The first kappa shape index (κ1) is 12.9. The summed E-state index contributed by atoms with van der Waals surface area (Å²) in [7, 11) is 0. The van der Waals surface area contributed by atoms with Crippen LogP contribution in [0.15, 0.2) is 35.2 Å². The zero-order valence-corrected chi connectivity index (χ0v) is 11.2. The lowest BCUT2D eigenvalue weighted by molar-refractivity contribution is -0.908. The van der Waals surface area contributed by atoms with Crippen molar-refractivity contribution in [3.05, 3.63) is 30.3 Å². The van der Waals surface area contributed by atoms with Crippen LogP contribution in [0.3, 0.4) is 0 Å². The molecular weight excluding hydrogens is 230 g/mol. The van der Waals surface area contributed by atoms with Crippen LogP contribution in [0, 0.1) is 0 Å². The number of rotatable bonds is 6. The summed E-state index contributed by atoms with van der Waals surface area (Å²) < 4.78 is 5.36. The maximum Gasteiger partial charge on any atom is 0.101 e. The third kappa shape index (κ3) is 5.11. The van der Waals surface area contributed by atoms with Crippen LogP contribution >= 0.6 is 11.8 Å². The first-order chi connectivity index (χ1) is 8.45. The molecule has 1 aliphatic heterocycles. The van der Waals surface area contributed by atoms with Gasteiger partial charge >= 0.3 is 0 Å². The summed E-state index contributed by atoms with van der Waals surface area (Å²) in [5, 5.41) is 0. The minimum absolute atomic E-state index is 0.952. The zero-order chi connectivity index (χ0) is 11.8. The van der Waals surface area contributed by atoms with Crippen molar-refractivity contribution >= 4 is 11.8 Å². The average molecular weight is 252 g/mol. The number of benzene rings is 1. The van der Waals surface area contributed by atoms with Gasteiger partial charge in [0.05, 0.1) is 19.8 Å². The minimum Gasteiger partial charge on any atom is -0.370 e. The lowest BCUT2D eigenvalue weighted by Crippen LogP contribution is -3.14. The van der Waals surface area contributed by atoms with Crippen molar-refractivity contribution in [2.24, 2.45) is 0 Å². The minimum atomic E-state index is 0.952. The van der Waals surface area contributed by atoms with E-state index in [9.17, 15) is 0 Å². The van der Waals surface area contributed by atoms with Gasteiger partial charge in [-0.25, -0.2) is 0 Å². The predicted octanol–water partition coefficient (Wildman–Crippen LogP) is 1.47. The fourth-order valence-corrected chi connectivity index (χ4v) is 3.03. The zero-order valence-electron chi connectivity index (χ0n) is 10.4. The maximum atomic E-state index is 5.36. The van der Waals surface area contributed by atoms with Gasteiger partial charge < -0.3 is 9.64 Å². The Labute approximate surface area is 108 Å². The second kappa shape index (κ2) is 7.75. The van der Waals surface area contributed by atoms with Gasteiger partial charge in [-0.05, 0) is 30.7 Å². The van der Waals surface area contributed by atoms with Gasteiger partial charge in [-0.2, -0.15) is 0 Å². The highest BCUT2D eigenvalue weighted by atomic mass is 32.2. The summed E-state index contributed by atoms with van der Waals surface area (Å²) in [5.41, 5.74) is 0. The van der Waals surface area contributed by atoms with Crippen LogP contribution in [-0.4, -0.2) is 38.6 Å². The average Bonchev–Trinajstić information content (AvgIpc) is 2.41. The van der Waals surface area contributed by atoms with E-state index < -0.39 is 0 Å². The summed E-state index contributed by atoms with van der Waals surface area (Å²) in [6.45, 7) is 5.62. The molecule has 1 N–H and O–H groups in total. The molecule has 1 fully saturated rings. The Morgan fingerprint density at radius 1 is 1.06 bits per heavy atom. The molecule has 1 aromatic carbocycles. The van der Waals surface area contributed by atoms with Crippen molar-refractivity contribution in [2.45, 2.75) is 17.7 Å². The molecule has 0 radical (unpaired) electrons. The number of ether oxygens (including phenoxy) is 1. The molecule has 0 saturated carbocycles. The summed E-state index contributed by atoms with van der Waals surface area (Å²) in [6, 6.07) is 10.7. The molecule has 17 heavy (non-hydrogen) atoms. The molecule has 1 aliphatic rings. The van der Waals surface area contributed by atoms with Gasteiger partial charge in [-0.3, -0.25) is 0 Å². The molecule has 2 rings (SSSR count). The Kier molecular flexibility index (Phi) is 5.89. The molecular formula is C14H22NOS+. The van der Waals surface area contributed by atoms with Crippen molar-refractivity contribution in [1.29, 1.82) is 0 Å². The van der Waals surface area contributed by atoms with Gasteiger partial charge in [0.25, 0.3) is 0 Å². The molecule has 3 heteroatoms. The number of hydrogen-bond acceptors (Lipinski definition) is 2. The number of nitrogens with one attached hydrogen (secondary N) is 1. The normalized spacial score (nSPS) is 17.2. The molecule has 1 aromatic rings. The van der Waals surface area contributed by atoms with E-state index in [1.165, 1.54) is 43.1 Å². The van der Waals surface area contributed by atoms with E-state index in [2.05, 4.69) is 30.3 Å². The highest BCUT2D eigenvalue weighted by molar-refractivity contribution is 7.99. The van der Waals surface area contributed by atoms with E-state index in [0.29, 0.717) is 0 Å². The molecule has 2 nitrogen and oxygen atoms in total. The van der Waals surface area contributed by atoms with Crippen molar-refractivity contribution in [3.63, 3.8) is 0 Å². The quantitative estimate of drug-likeness (QED) is 0.609. The Balaban J connectivity index is 1.51. The van der Waals surface area contributed by atoms with Crippen LogP contribution in [-0.2, 0) is 4.74 Å². The Morgan fingerprint density at radius 3 is 2.59 bits per heavy atom. The molecule has 0 bridgehead atoms. The standard InChI is InChI=1S/C14H21NOS/c1-2-6-14(7-3-1)17-13-5-4-8-15-9-11-16-12-10-15/h1-3,6-7H,4-5,8-13H2/p+1. The lowest BCUT2D eigenvalue weighted by atomic mass is 10.3. The van der Waals surface area contributed by atoms with E-state index >= 15 is 0 Å². The Hall–Kier alpha value is -0.510. The van der Waals surface area contributed by atoms with Crippen LogP contribution in [0.4, 0.5) is 0 Å². The second-order valence-electron chi connectivity index (χ2n) is 4.48. The largest absolute Gasteiger partial charge is 0.370 e. The predicted molar refractivity (Wildman–Crippen MR) is 72.8 cm³/mol. The monoisotopic (exact) mass is 252 g/mol. The molecule has 0 aromatic heterocycles. The van der Waals surface area contributed by atoms with Gasteiger partial charge in [0, 0.05) is 4.90 Å². The summed E-state index contributed by atoms with van der Waals surface area (Å²) in [5.74, 6) is 1.24. The smallest absolute Gasteiger partial charge is 0.101 e. The molecule has 1 saturated heterocycles. The summed E-state index contributed by atoms with van der Waals surface area (Å²) >= 11 is 1.97. The van der Waals surface area contributed by atoms with Gasteiger partial charge in [-0.1, -0.05) is 18.2 Å². The van der Waals surface area contributed by atoms with Gasteiger partial charge in [0.1, 0.15) is 13.1 Å². The molecule has 94 valence electrons. The van der Waals surface area contributed by atoms with Gasteiger partial charge in [0.15, 0.2) is 0 Å². The fraction of sp³-hybridized carbons (Fsp3) is 0.571. The molecule has 0 unspecified atom stereocenters. The van der Waals surface area contributed by atoms with Crippen molar-refractivity contribution in [2.75, 3.05) is 38.6 Å². The number of quaternary nitrogens is 1. The third-order valence-corrected chi connectivity index (χ3v) is 4.23. The highest BCUT2D eigenvalue weighted by Gasteiger charge is 2.12. The van der Waals surface area contributed by atoms with Crippen molar-refractivity contribution in [1.82, 2.24) is 0 Å². The van der Waals surface area contributed by atoms with Crippen LogP contribution < -0.4 is 4.90 Å². The first-order valence-corrected chi connectivity index (χ1v) is 7.53. The summed E-state index contributed by atoms with van der Waals surface area (Å²) in [6.07, 6.45) is 2.67. The topological polar surface area (TPSA) is 13.7 Å². The van der Waals surface area contributed by atoms with E-state index in [1.54, 1.807) is 4.90 Å². The Bertz CT molecular complexity index is 298. The second-order valence-corrected chi connectivity index (χ2v) is 5.65. The van der Waals surface area contributed by atoms with E-state index in [4.69, 9.17) is 4.74 Å². The number of unbranched alkanes of at least 4 members (excludes halogenated alkanes) is 1. The van der Waals surface area contributed by atoms with Crippen LogP contribution in [0.1, 0.15) is 12.8 Å². The van der Waals surface area contributed by atoms with E-state index in [-0.39, 0.29) is 0 Å². The highest BCUT2D eigenvalue weighted by Crippen LogP contribution is 2.17. The van der Waals surface area contributed by atoms with Crippen molar-refractivity contribution in [3.8, 4) is 0 Å². The maximum absolute atomic E-state index is 5.36. The van der Waals surface area contributed by atoms with Crippen LogP contribution in [0.25, 0.3) is 0 Å². The van der Waals surface area contributed by atoms with Gasteiger partial charge in [-0.15, -0.1) is 11.8 Å².